The van der Waals surface area contributed by atoms with Crippen LogP contribution in [0, 0.1) is 5.82 Å². The first kappa shape index (κ1) is 19.5. The first-order valence-corrected chi connectivity index (χ1v) is 9.30. The third-order valence-electron chi connectivity index (χ3n) is 4.35. The maximum absolute atomic E-state index is 13.7. The third kappa shape index (κ3) is 3.87. The van der Waals surface area contributed by atoms with Crippen LogP contribution in [0.1, 0.15) is 17.5 Å². The van der Waals surface area contributed by atoms with Crippen LogP contribution < -0.4 is 5.32 Å². The predicted molar refractivity (Wildman–Crippen MR) is 105 cm³/mol. The van der Waals surface area contributed by atoms with Crippen LogP contribution in [-0.2, 0) is 0 Å². The molecule has 2 aromatic heterocycles. The van der Waals surface area contributed by atoms with Gasteiger partial charge in [-0.05, 0) is 36.6 Å². The zero-order valence-corrected chi connectivity index (χ0v) is 16.3. The second-order valence-corrected chi connectivity index (χ2v) is 7.13. The van der Waals surface area contributed by atoms with E-state index in [-0.39, 0.29) is 36.0 Å². The highest BCUT2D eigenvalue weighted by Crippen LogP contribution is 2.26. The van der Waals surface area contributed by atoms with E-state index < -0.39 is 0 Å². The number of rotatable bonds is 3. The number of nitrogens with one attached hydrogen (secondary N) is 1. The average Bonchev–Trinajstić information content (AvgIpc) is 3.31. The number of amides is 1. The molecule has 3 heterocycles. The summed E-state index contributed by atoms with van der Waals surface area (Å²) in [6.07, 6.45) is 0. The number of hydrogen-bond donors (Lipinski definition) is 1. The van der Waals surface area contributed by atoms with Crippen molar-refractivity contribution in [3.8, 4) is 16.4 Å². The lowest BCUT2D eigenvalue weighted by molar-refractivity contribution is 0.0643. The molecule has 0 aliphatic carbocycles. The van der Waals surface area contributed by atoms with Gasteiger partial charge in [-0.15, -0.1) is 28.8 Å². The van der Waals surface area contributed by atoms with Crippen LogP contribution in [0.25, 0.3) is 16.4 Å². The quantitative estimate of drug-likeness (QED) is 0.725. The fraction of sp³-hybridized carbons (Fsp3) is 0.278. The summed E-state index contributed by atoms with van der Waals surface area (Å²) in [6.45, 7) is 4.10. The molecule has 0 saturated carbocycles. The second kappa shape index (κ2) is 8.16. The van der Waals surface area contributed by atoms with E-state index in [0.717, 1.165) is 18.0 Å². The monoisotopic (exact) mass is 407 g/mol. The number of thiophene rings is 1. The summed E-state index contributed by atoms with van der Waals surface area (Å²) in [5.74, 6) is 0.105. The number of carbonyl (C=O) groups excluding carboxylic acids is 1. The molecule has 1 atom stereocenters. The summed E-state index contributed by atoms with van der Waals surface area (Å²) >= 11 is 1.50. The van der Waals surface area contributed by atoms with Crippen molar-refractivity contribution in [2.45, 2.75) is 13.0 Å². The SMILES string of the molecule is CC1CNCCN1C(=O)c1nc(-c2cccs2)n(-c2cccc(F)c2)n1.Cl. The number of piperazine rings is 1. The van der Waals surface area contributed by atoms with Crippen molar-refractivity contribution in [1.82, 2.24) is 25.0 Å². The van der Waals surface area contributed by atoms with Crippen LogP contribution in [0.15, 0.2) is 41.8 Å². The van der Waals surface area contributed by atoms with Gasteiger partial charge < -0.3 is 10.2 Å². The minimum absolute atomic E-state index is 0. The molecule has 1 N–H and O–H groups in total. The van der Waals surface area contributed by atoms with Crippen molar-refractivity contribution in [3.05, 3.63) is 53.4 Å². The molecule has 1 aliphatic rings. The first-order chi connectivity index (χ1) is 12.6. The zero-order valence-electron chi connectivity index (χ0n) is 14.6. The van der Waals surface area contributed by atoms with E-state index in [0.29, 0.717) is 18.1 Å². The minimum Gasteiger partial charge on any atom is -0.331 e. The Labute approximate surface area is 166 Å². The van der Waals surface area contributed by atoms with Crippen LogP contribution in [0.3, 0.4) is 0 Å². The summed E-state index contributed by atoms with van der Waals surface area (Å²) in [5.41, 5.74) is 0.535. The molecule has 1 fully saturated rings. The first-order valence-electron chi connectivity index (χ1n) is 8.42. The van der Waals surface area contributed by atoms with Crippen molar-refractivity contribution in [1.29, 1.82) is 0 Å². The standard InChI is InChI=1S/C18H18FN5OS.ClH/c1-12-11-20-7-8-23(12)18(25)16-21-17(15-6-3-9-26-15)24(22-16)14-5-2-4-13(19)10-14;/h2-6,9-10,12,20H,7-8,11H2,1H3;1H. The van der Waals surface area contributed by atoms with Crippen LogP contribution in [-0.4, -0.2) is 51.2 Å². The highest BCUT2D eigenvalue weighted by Gasteiger charge is 2.28. The molecule has 3 aromatic rings. The molecule has 4 rings (SSSR count). The van der Waals surface area contributed by atoms with Gasteiger partial charge in [-0.3, -0.25) is 4.79 Å². The Bertz CT molecular complexity index is 930. The van der Waals surface area contributed by atoms with Gasteiger partial charge in [0.15, 0.2) is 5.82 Å². The van der Waals surface area contributed by atoms with Gasteiger partial charge in [0.1, 0.15) is 5.82 Å². The van der Waals surface area contributed by atoms with Crippen molar-refractivity contribution in [3.63, 3.8) is 0 Å². The van der Waals surface area contributed by atoms with Gasteiger partial charge >= 0.3 is 0 Å². The van der Waals surface area contributed by atoms with Crippen LogP contribution in [0.2, 0.25) is 0 Å². The summed E-state index contributed by atoms with van der Waals surface area (Å²) in [4.78, 5) is 20.1. The number of halogens is 2. The molecule has 6 nitrogen and oxygen atoms in total. The second-order valence-electron chi connectivity index (χ2n) is 6.18. The van der Waals surface area contributed by atoms with Gasteiger partial charge in [0.2, 0.25) is 5.82 Å². The smallest absolute Gasteiger partial charge is 0.293 e. The topological polar surface area (TPSA) is 63.1 Å². The van der Waals surface area contributed by atoms with E-state index in [9.17, 15) is 9.18 Å². The number of hydrogen-bond acceptors (Lipinski definition) is 5. The van der Waals surface area contributed by atoms with Crippen molar-refractivity contribution in [2.75, 3.05) is 19.6 Å². The third-order valence-corrected chi connectivity index (χ3v) is 5.22. The van der Waals surface area contributed by atoms with Crippen LogP contribution >= 0.6 is 23.7 Å². The molecule has 1 aliphatic heterocycles. The number of aromatic nitrogens is 3. The molecule has 9 heteroatoms. The van der Waals surface area contributed by atoms with Gasteiger partial charge in [-0.2, -0.15) is 0 Å². The Kier molecular flexibility index (Phi) is 5.88. The molecule has 1 unspecified atom stereocenters. The lowest BCUT2D eigenvalue weighted by atomic mass is 10.2. The molecule has 1 amide bonds. The van der Waals surface area contributed by atoms with E-state index in [1.165, 1.54) is 28.2 Å². The largest absolute Gasteiger partial charge is 0.331 e. The maximum atomic E-state index is 13.7. The Balaban J connectivity index is 0.00000210. The van der Waals surface area contributed by atoms with Gasteiger partial charge in [-0.1, -0.05) is 12.1 Å². The Hall–Kier alpha value is -2.29. The van der Waals surface area contributed by atoms with Gasteiger partial charge in [0, 0.05) is 25.7 Å². The fourth-order valence-electron chi connectivity index (χ4n) is 3.03. The van der Waals surface area contributed by atoms with E-state index in [4.69, 9.17) is 0 Å². The molecular formula is C18H19ClFN5OS. The minimum atomic E-state index is -0.362. The zero-order chi connectivity index (χ0) is 18.1. The van der Waals surface area contributed by atoms with Crippen molar-refractivity contribution >= 4 is 29.7 Å². The molecule has 0 bridgehead atoms. The van der Waals surface area contributed by atoms with E-state index in [1.807, 2.05) is 24.4 Å². The number of carbonyl (C=O) groups is 1. The highest BCUT2D eigenvalue weighted by atomic mass is 35.5. The summed E-state index contributed by atoms with van der Waals surface area (Å²) in [6, 6.07) is 10.0. The Morgan fingerprint density at radius 3 is 2.89 bits per heavy atom. The normalized spacial score (nSPS) is 16.8. The number of nitrogens with zero attached hydrogens (tertiary/aromatic N) is 4. The van der Waals surface area contributed by atoms with Gasteiger partial charge in [-0.25, -0.2) is 14.1 Å². The van der Waals surface area contributed by atoms with E-state index >= 15 is 0 Å². The lowest BCUT2D eigenvalue weighted by Gasteiger charge is -2.33. The van der Waals surface area contributed by atoms with Crippen LogP contribution in [0.4, 0.5) is 4.39 Å². The van der Waals surface area contributed by atoms with Gasteiger partial charge in [0.05, 0.1) is 10.6 Å². The summed E-state index contributed by atoms with van der Waals surface area (Å²) in [7, 11) is 0. The average molecular weight is 408 g/mol. The van der Waals surface area contributed by atoms with E-state index in [2.05, 4.69) is 15.4 Å². The Morgan fingerprint density at radius 1 is 1.33 bits per heavy atom. The lowest BCUT2D eigenvalue weighted by Crippen LogP contribution is -2.52. The summed E-state index contributed by atoms with van der Waals surface area (Å²) < 4.78 is 15.2. The number of benzene rings is 1. The van der Waals surface area contributed by atoms with Crippen LogP contribution in [0.5, 0.6) is 0 Å². The molecule has 1 saturated heterocycles. The maximum Gasteiger partial charge on any atom is 0.293 e. The van der Waals surface area contributed by atoms with Gasteiger partial charge in [0.25, 0.3) is 5.91 Å². The molecule has 142 valence electrons. The molecule has 0 spiro atoms. The fourth-order valence-corrected chi connectivity index (χ4v) is 3.73. The predicted octanol–water partition coefficient (Wildman–Crippen LogP) is 2.99. The van der Waals surface area contributed by atoms with E-state index in [1.54, 1.807) is 17.0 Å². The molecule has 0 radical (unpaired) electrons. The molecule has 1 aromatic carbocycles. The molecule has 27 heavy (non-hydrogen) atoms. The Morgan fingerprint density at radius 2 is 2.19 bits per heavy atom. The van der Waals surface area contributed by atoms with Crippen molar-refractivity contribution < 1.29 is 9.18 Å². The molecular weight excluding hydrogens is 389 g/mol. The summed E-state index contributed by atoms with van der Waals surface area (Å²) in [5, 5.41) is 9.61. The van der Waals surface area contributed by atoms with Crippen molar-refractivity contribution in [2.24, 2.45) is 0 Å². The highest BCUT2D eigenvalue weighted by molar-refractivity contribution is 7.13.